The van der Waals surface area contributed by atoms with Gasteiger partial charge in [-0.25, -0.2) is 4.79 Å². The summed E-state index contributed by atoms with van der Waals surface area (Å²) >= 11 is 1.69. The summed E-state index contributed by atoms with van der Waals surface area (Å²) in [6, 6.07) is 29.3. The van der Waals surface area contributed by atoms with E-state index in [0.29, 0.717) is 122 Å². The number of methoxy groups -OCH3 is 3. The molecule has 4 amide bonds. The summed E-state index contributed by atoms with van der Waals surface area (Å²) in [5.74, 6) is 0.486. The number of benzene rings is 5. The van der Waals surface area contributed by atoms with Gasteiger partial charge in [0.1, 0.15) is 13.2 Å². The van der Waals surface area contributed by atoms with Gasteiger partial charge in [-0.3, -0.25) is 19.2 Å². The molecule has 19 nitrogen and oxygen atoms in total. The van der Waals surface area contributed by atoms with Gasteiger partial charge < -0.3 is 63.3 Å². The van der Waals surface area contributed by atoms with Crippen LogP contribution in [-0.4, -0.2) is 138 Å². The van der Waals surface area contributed by atoms with Crippen molar-refractivity contribution in [3.05, 3.63) is 124 Å². The molecule has 10 rings (SSSR count). The highest BCUT2D eigenvalue weighted by molar-refractivity contribution is 8.00. The molecule has 2 N–H and O–H groups in total. The summed E-state index contributed by atoms with van der Waals surface area (Å²) < 4.78 is 41.8. The van der Waals surface area contributed by atoms with Gasteiger partial charge in [-0.15, -0.1) is 5.06 Å². The molecule has 0 aliphatic carbocycles. The largest absolute Gasteiger partial charge is 0.493 e. The van der Waals surface area contributed by atoms with E-state index in [2.05, 4.69) is 53.6 Å². The Hall–Kier alpha value is -7.52. The molecule has 5 aliphatic rings. The quantitative estimate of drug-likeness (QED) is 0.0396. The van der Waals surface area contributed by atoms with Gasteiger partial charge in [-0.05, 0) is 104 Å². The number of imide groups is 1. The molecule has 5 aromatic rings. The highest BCUT2D eigenvalue weighted by atomic mass is 32.2. The zero-order chi connectivity index (χ0) is 56.6. The van der Waals surface area contributed by atoms with Gasteiger partial charge >= 0.3 is 5.97 Å². The van der Waals surface area contributed by atoms with E-state index in [1.165, 1.54) is 0 Å². The van der Waals surface area contributed by atoms with Crippen LogP contribution in [0.4, 0.5) is 28.4 Å². The fourth-order valence-electron chi connectivity index (χ4n) is 11.1. The summed E-state index contributed by atoms with van der Waals surface area (Å²) in [5.41, 5.74) is 8.94. The lowest BCUT2D eigenvalue weighted by atomic mass is 10.1. The molecule has 1 fully saturated rings. The van der Waals surface area contributed by atoms with Gasteiger partial charge in [0.25, 0.3) is 23.6 Å². The van der Waals surface area contributed by atoms with Gasteiger partial charge in [0, 0.05) is 86.5 Å². The van der Waals surface area contributed by atoms with E-state index in [-0.39, 0.29) is 61.1 Å². The average molecular weight is 1130 g/mol. The monoisotopic (exact) mass is 1130 g/mol. The SMILES string of the molecule is COCCOCCOCCN(CC(C)(C)SCCCC(=O)ON1C(=O)CCC1=O)c1cc(COc2cc3c(cc2OC)C(=O)N2c4ccccc4C[C@H]2CN3)cc(COc2cc3c(cc2OC)C(=O)N2c4ccccc4C[C@@H]2CN3)c1. The third kappa shape index (κ3) is 13.0. The predicted octanol–water partition coefficient (Wildman–Crippen LogP) is 8.24. The molecular formula is C61H70N6O13S. The number of para-hydroxylation sites is 2. The number of nitrogens with one attached hydrogen (secondary N) is 2. The topological polar surface area (TPSA) is 196 Å². The minimum Gasteiger partial charge on any atom is -0.493 e. The number of rotatable bonds is 26. The lowest BCUT2D eigenvalue weighted by molar-refractivity contribution is -0.197. The first-order valence-electron chi connectivity index (χ1n) is 27.5. The van der Waals surface area contributed by atoms with Crippen LogP contribution in [0.15, 0.2) is 91.0 Å². The van der Waals surface area contributed by atoms with Gasteiger partial charge in [-0.2, -0.15) is 11.8 Å². The zero-order valence-corrected chi connectivity index (χ0v) is 47.4. The van der Waals surface area contributed by atoms with Crippen molar-refractivity contribution < 1.29 is 62.0 Å². The lowest BCUT2D eigenvalue weighted by Crippen LogP contribution is -2.39. The number of ether oxygens (including phenoxy) is 7. The van der Waals surface area contributed by atoms with E-state index in [1.54, 1.807) is 45.2 Å². The molecule has 20 heteroatoms. The van der Waals surface area contributed by atoms with Crippen LogP contribution in [-0.2, 0) is 59.5 Å². The molecule has 0 radical (unpaired) electrons. The maximum atomic E-state index is 14.3. The summed E-state index contributed by atoms with van der Waals surface area (Å²) in [6.07, 6.45) is 2.08. The highest BCUT2D eigenvalue weighted by Crippen LogP contribution is 2.43. The minimum absolute atomic E-state index is 0.0322. The highest BCUT2D eigenvalue weighted by Gasteiger charge is 2.40. The van der Waals surface area contributed by atoms with Crippen molar-refractivity contribution in [1.82, 2.24) is 5.06 Å². The van der Waals surface area contributed by atoms with Crippen molar-refractivity contribution >= 4 is 69.8 Å². The molecule has 428 valence electrons. The van der Waals surface area contributed by atoms with Crippen molar-refractivity contribution in [2.75, 3.05) is 112 Å². The van der Waals surface area contributed by atoms with Gasteiger partial charge in [0.05, 0.1) is 81.8 Å². The predicted molar refractivity (Wildman–Crippen MR) is 308 cm³/mol. The summed E-state index contributed by atoms with van der Waals surface area (Å²) in [6.45, 7) is 8.82. The fourth-order valence-corrected chi connectivity index (χ4v) is 12.1. The molecule has 2 atom stereocenters. The van der Waals surface area contributed by atoms with Crippen LogP contribution < -0.4 is 44.3 Å². The Morgan fingerprint density at radius 1 is 0.654 bits per heavy atom. The zero-order valence-electron chi connectivity index (χ0n) is 46.5. The van der Waals surface area contributed by atoms with Crippen molar-refractivity contribution in [3.8, 4) is 23.0 Å². The smallest absolute Gasteiger partial charge is 0.333 e. The van der Waals surface area contributed by atoms with Crippen molar-refractivity contribution in [2.45, 2.75) is 82.4 Å². The van der Waals surface area contributed by atoms with Crippen LogP contribution in [0.1, 0.15) is 82.5 Å². The molecular weight excluding hydrogens is 1060 g/mol. The molecule has 5 heterocycles. The number of fused-ring (bicyclic) bond motifs is 8. The van der Waals surface area contributed by atoms with Crippen LogP contribution in [0, 0.1) is 0 Å². The molecule has 0 bridgehead atoms. The number of carbonyl (C=O) groups is 5. The van der Waals surface area contributed by atoms with E-state index in [0.717, 1.165) is 52.2 Å². The number of thioether (sulfide) groups is 1. The first kappa shape index (κ1) is 56.7. The van der Waals surface area contributed by atoms with Crippen LogP contribution in [0.5, 0.6) is 23.0 Å². The van der Waals surface area contributed by atoms with Crippen LogP contribution in [0.3, 0.4) is 0 Å². The summed E-state index contributed by atoms with van der Waals surface area (Å²) in [5, 5.41) is 7.66. The Morgan fingerprint density at radius 3 is 1.70 bits per heavy atom. The number of hydrogen-bond donors (Lipinski definition) is 2. The summed E-state index contributed by atoms with van der Waals surface area (Å²) in [4.78, 5) is 76.5. The van der Waals surface area contributed by atoms with Crippen molar-refractivity contribution in [1.29, 1.82) is 0 Å². The van der Waals surface area contributed by atoms with Gasteiger partial charge in [-0.1, -0.05) is 36.4 Å². The van der Waals surface area contributed by atoms with Gasteiger partial charge in [0.2, 0.25) is 0 Å². The van der Waals surface area contributed by atoms with Crippen molar-refractivity contribution in [2.24, 2.45) is 0 Å². The maximum Gasteiger partial charge on any atom is 0.333 e. The van der Waals surface area contributed by atoms with Crippen LogP contribution >= 0.6 is 11.8 Å². The number of nitrogens with zero attached hydrogens (tertiary/aromatic N) is 4. The van der Waals surface area contributed by atoms with Crippen LogP contribution in [0.2, 0.25) is 0 Å². The molecule has 5 aromatic carbocycles. The second-order valence-corrected chi connectivity index (χ2v) is 23.0. The number of hydrogen-bond acceptors (Lipinski definition) is 17. The second kappa shape index (κ2) is 25.5. The Kier molecular flexibility index (Phi) is 17.9. The Bertz CT molecular complexity index is 2980. The average Bonchev–Trinajstić information content (AvgIpc) is 4.22. The van der Waals surface area contributed by atoms with E-state index in [4.69, 9.17) is 38.0 Å². The maximum absolute atomic E-state index is 14.3. The number of hydroxylamine groups is 2. The lowest BCUT2D eigenvalue weighted by Gasteiger charge is -2.34. The molecule has 5 aliphatic heterocycles. The minimum atomic E-state index is -0.629. The van der Waals surface area contributed by atoms with Crippen LogP contribution in [0.25, 0.3) is 0 Å². The number of amides is 4. The van der Waals surface area contributed by atoms with E-state index >= 15 is 0 Å². The fraction of sp³-hybridized carbons (Fsp3) is 0.426. The van der Waals surface area contributed by atoms with E-state index in [9.17, 15) is 24.0 Å². The molecule has 0 unspecified atom stereocenters. The molecule has 81 heavy (non-hydrogen) atoms. The molecule has 0 saturated carbocycles. The Morgan fingerprint density at radius 2 is 1.17 bits per heavy atom. The standard InChI is InChI=1S/C61H70N6O13S/c1-61(2,81-24-10-15-58(70)80-67-56(68)16-17-57(67)69)38-64(18-19-76-22-23-77-21-20-73-3)43-26-39(36-78-54-32-48-46(30-52(54)74-4)59(71)65-44(34-62-48)28-41-11-6-8-13-50(41)65)25-40(27-43)37-79-55-33-49-47(31-53(55)75-5)60(72)66-45(35-63-49)29-42-12-7-9-14-51(42)66/h6-9,11-14,25-27,30-33,44-45,62-63H,10,15-24,28-29,34-38H2,1-5H3/t44-,45+. The first-order valence-corrected chi connectivity index (χ1v) is 28.5. The van der Waals surface area contributed by atoms with E-state index < -0.39 is 17.8 Å². The number of anilines is 5. The second-order valence-electron chi connectivity index (χ2n) is 21.2. The van der Waals surface area contributed by atoms with Gasteiger partial charge in [0.15, 0.2) is 23.0 Å². The Labute approximate surface area is 476 Å². The van der Waals surface area contributed by atoms with Crippen molar-refractivity contribution in [3.63, 3.8) is 0 Å². The molecule has 1 saturated heterocycles. The first-order chi connectivity index (χ1) is 39.3. The number of carbonyl (C=O) groups excluding carboxylic acids is 5. The summed E-state index contributed by atoms with van der Waals surface area (Å²) in [7, 11) is 4.76. The Balaban J connectivity index is 0.916. The van der Waals surface area contributed by atoms with E-state index in [1.807, 2.05) is 64.4 Å². The molecule has 0 spiro atoms. The normalized spacial score (nSPS) is 17.0. The third-order valence-electron chi connectivity index (χ3n) is 15.0. The molecule has 0 aromatic heterocycles. The third-order valence-corrected chi connectivity index (χ3v) is 16.4.